The van der Waals surface area contributed by atoms with Crippen molar-refractivity contribution in [2.75, 3.05) is 19.0 Å². The Bertz CT molecular complexity index is 711. The number of para-hydroxylation sites is 2. The highest BCUT2D eigenvalue weighted by Gasteiger charge is 2.27. The summed E-state index contributed by atoms with van der Waals surface area (Å²) in [4.78, 5) is 24.0. The van der Waals surface area contributed by atoms with Gasteiger partial charge >= 0.3 is 5.97 Å². The number of thiophene rings is 1. The molecule has 2 heterocycles. The number of ether oxygens (including phenoxy) is 3. The molecule has 7 heteroatoms. The molecular formula is C15H13NO5S. The summed E-state index contributed by atoms with van der Waals surface area (Å²) >= 11 is 1.14. The average Bonchev–Trinajstić information content (AvgIpc) is 3.02. The van der Waals surface area contributed by atoms with E-state index in [1.165, 1.54) is 7.11 Å². The minimum atomic E-state index is -0.737. The Morgan fingerprint density at radius 2 is 2.00 bits per heavy atom. The summed E-state index contributed by atoms with van der Waals surface area (Å²) in [6, 6.07) is 10.4. The number of amides is 1. The molecule has 1 aromatic carbocycles. The molecule has 1 aliphatic heterocycles. The molecule has 1 aliphatic rings. The molecule has 0 radical (unpaired) electrons. The Balaban J connectivity index is 1.66. The van der Waals surface area contributed by atoms with Crippen molar-refractivity contribution >= 4 is 28.2 Å². The van der Waals surface area contributed by atoms with Gasteiger partial charge in [-0.1, -0.05) is 12.1 Å². The second-order valence-electron chi connectivity index (χ2n) is 4.51. The van der Waals surface area contributed by atoms with Crippen LogP contribution in [0.2, 0.25) is 0 Å². The monoisotopic (exact) mass is 319 g/mol. The van der Waals surface area contributed by atoms with Crippen LogP contribution in [0.1, 0.15) is 9.67 Å². The first-order chi connectivity index (χ1) is 10.7. The van der Waals surface area contributed by atoms with Gasteiger partial charge in [-0.2, -0.15) is 0 Å². The molecule has 3 rings (SSSR count). The maximum absolute atomic E-state index is 12.2. The third kappa shape index (κ3) is 2.89. The van der Waals surface area contributed by atoms with Gasteiger partial charge in [0.05, 0.1) is 12.1 Å². The molecule has 114 valence electrons. The van der Waals surface area contributed by atoms with Gasteiger partial charge in [-0.05, 0) is 24.3 Å². The smallest absolute Gasteiger partial charge is 0.348 e. The van der Waals surface area contributed by atoms with E-state index in [9.17, 15) is 9.59 Å². The molecule has 0 saturated heterocycles. The number of anilines is 1. The number of carbonyl (C=O) groups excluding carboxylic acids is 2. The minimum absolute atomic E-state index is 0.137. The third-order valence-electron chi connectivity index (χ3n) is 3.04. The van der Waals surface area contributed by atoms with Crippen LogP contribution in [-0.2, 0) is 9.53 Å². The predicted octanol–water partition coefficient (Wildman–Crippen LogP) is 2.31. The van der Waals surface area contributed by atoms with Gasteiger partial charge in [0.15, 0.2) is 11.5 Å². The summed E-state index contributed by atoms with van der Waals surface area (Å²) in [6.45, 7) is 0.137. The highest BCUT2D eigenvalue weighted by molar-refractivity contribution is 7.18. The molecule has 6 nitrogen and oxygen atoms in total. The Labute approximate surface area is 130 Å². The standard InChI is InChI=1S/C15H13NO5S/c1-19-15(18)12-6-7-13(22-12)16-14(17)11-8-20-9-4-2-3-5-10(9)21-11/h2-7,11H,8H2,1H3,(H,16,17)/t11-/m0/s1. The highest BCUT2D eigenvalue weighted by Crippen LogP contribution is 2.31. The van der Waals surface area contributed by atoms with Gasteiger partial charge in [0, 0.05) is 0 Å². The van der Waals surface area contributed by atoms with Crippen molar-refractivity contribution in [3.05, 3.63) is 41.3 Å². The molecule has 0 saturated carbocycles. The molecule has 2 aromatic rings. The molecule has 0 aliphatic carbocycles. The fraction of sp³-hybridized carbons (Fsp3) is 0.200. The predicted molar refractivity (Wildman–Crippen MR) is 80.6 cm³/mol. The van der Waals surface area contributed by atoms with Crippen LogP contribution in [0.5, 0.6) is 11.5 Å². The van der Waals surface area contributed by atoms with E-state index < -0.39 is 12.1 Å². The molecule has 1 N–H and O–H groups in total. The summed E-state index contributed by atoms with van der Waals surface area (Å²) in [6.07, 6.45) is -0.737. The van der Waals surface area contributed by atoms with Crippen molar-refractivity contribution in [2.24, 2.45) is 0 Å². The number of hydrogen-bond acceptors (Lipinski definition) is 6. The van der Waals surface area contributed by atoms with Crippen LogP contribution in [0, 0.1) is 0 Å². The van der Waals surface area contributed by atoms with E-state index in [0.717, 1.165) is 11.3 Å². The van der Waals surface area contributed by atoms with Crippen LogP contribution in [0.3, 0.4) is 0 Å². The molecule has 0 fully saturated rings. The second kappa shape index (κ2) is 6.07. The molecule has 1 amide bonds. The van der Waals surface area contributed by atoms with E-state index in [1.807, 2.05) is 12.1 Å². The van der Waals surface area contributed by atoms with Gasteiger partial charge in [0.25, 0.3) is 5.91 Å². The van der Waals surface area contributed by atoms with Gasteiger partial charge in [0.1, 0.15) is 11.5 Å². The Hall–Kier alpha value is -2.54. The number of benzene rings is 1. The Kier molecular flexibility index (Phi) is 3.97. The first-order valence-electron chi connectivity index (χ1n) is 6.55. The van der Waals surface area contributed by atoms with Crippen molar-refractivity contribution < 1.29 is 23.8 Å². The summed E-state index contributed by atoms with van der Waals surface area (Å²) in [5.74, 6) is 0.399. The van der Waals surface area contributed by atoms with E-state index in [0.29, 0.717) is 21.4 Å². The summed E-state index contributed by atoms with van der Waals surface area (Å²) in [7, 11) is 1.31. The molecule has 1 atom stereocenters. The van der Waals surface area contributed by atoms with E-state index in [2.05, 4.69) is 10.1 Å². The van der Waals surface area contributed by atoms with E-state index >= 15 is 0 Å². The maximum Gasteiger partial charge on any atom is 0.348 e. The lowest BCUT2D eigenvalue weighted by Gasteiger charge is -2.25. The Morgan fingerprint density at radius 1 is 1.23 bits per heavy atom. The SMILES string of the molecule is COC(=O)c1ccc(NC(=O)[C@@H]2COc3ccccc3O2)s1. The molecule has 0 bridgehead atoms. The molecule has 22 heavy (non-hydrogen) atoms. The minimum Gasteiger partial charge on any atom is -0.485 e. The fourth-order valence-electron chi connectivity index (χ4n) is 1.97. The quantitative estimate of drug-likeness (QED) is 0.879. The van der Waals surface area contributed by atoms with Crippen molar-refractivity contribution in [1.82, 2.24) is 0 Å². The van der Waals surface area contributed by atoms with Gasteiger partial charge < -0.3 is 19.5 Å². The van der Waals surface area contributed by atoms with Crippen LogP contribution >= 0.6 is 11.3 Å². The summed E-state index contributed by atoms with van der Waals surface area (Å²) < 4.78 is 15.7. The fourth-order valence-corrected chi connectivity index (χ4v) is 2.79. The van der Waals surface area contributed by atoms with Gasteiger partial charge in [-0.15, -0.1) is 11.3 Å². The van der Waals surface area contributed by atoms with E-state index in [-0.39, 0.29) is 12.5 Å². The van der Waals surface area contributed by atoms with E-state index in [4.69, 9.17) is 9.47 Å². The maximum atomic E-state index is 12.2. The third-order valence-corrected chi connectivity index (χ3v) is 4.02. The normalized spacial score (nSPS) is 16.0. The number of rotatable bonds is 3. The van der Waals surface area contributed by atoms with Crippen molar-refractivity contribution in [3.8, 4) is 11.5 Å². The first kappa shape index (κ1) is 14.4. The largest absolute Gasteiger partial charge is 0.485 e. The number of hydrogen-bond donors (Lipinski definition) is 1. The lowest BCUT2D eigenvalue weighted by atomic mass is 10.2. The topological polar surface area (TPSA) is 73.9 Å². The number of methoxy groups -OCH3 is 1. The molecule has 1 aromatic heterocycles. The number of fused-ring (bicyclic) bond motifs is 1. The van der Waals surface area contributed by atoms with Crippen molar-refractivity contribution in [1.29, 1.82) is 0 Å². The number of nitrogens with one attached hydrogen (secondary N) is 1. The number of carbonyl (C=O) groups is 2. The second-order valence-corrected chi connectivity index (χ2v) is 5.59. The van der Waals surface area contributed by atoms with Crippen LogP contribution in [0.25, 0.3) is 0 Å². The summed E-state index contributed by atoms with van der Waals surface area (Å²) in [5, 5.41) is 3.26. The van der Waals surface area contributed by atoms with E-state index in [1.54, 1.807) is 24.3 Å². The van der Waals surface area contributed by atoms with Gasteiger partial charge in [-0.3, -0.25) is 4.79 Å². The van der Waals surface area contributed by atoms with Gasteiger partial charge in [-0.25, -0.2) is 4.79 Å². The van der Waals surface area contributed by atoms with Crippen LogP contribution in [-0.4, -0.2) is 31.7 Å². The zero-order chi connectivity index (χ0) is 15.5. The van der Waals surface area contributed by atoms with Crippen LogP contribution < -0.4 is 14.8 Å². The Morgan fingerprint density at radius 3 is 2.77 bits per heavy atom. The van der Waals surface area contributed by atoms with Crippen LogP contribution in [0.4, 0.5) is 5.00 Å². The average molecular weight is 319 g/mol. The lowest BCUT2D eigenvalue weighted by Crippen LogP contribution is -2.40. The van der Waals surface area contributed by atoms with Gasteiger partial charge in [0.2, 0.25) is 6.10 Å². The van der Waals surface area contributed by atoms with Crippen molar-refractivity contribution in [2.45, 2.75) is 6.10 Å². The summed E-state index contributed by atoms with van der Waals surface area (Å²) in [5.41, 5.74) is 0. The molecular weight excluding hydrogens is 306 g/mol. The zero-order valence-electron chi connectivity index (χ0n) is 11.7. The molecule has 0 spiro atoms. The van der Waals surface area contributed by atoms with Crippen molar-refractivity contribution in [3.63, 3.8) is 0 Å². The van der Waals surface area contributed by atoms with Crippen LogP contribution in [0.15, 0.2) is 36.4 Å². The number of esters is 1. The lowest BCUT2D eigenvalue weighted by molar-refractivity contribution is -0.125. The molecule has 0 unspecified atom stereocenters. The first-order valence-corrected chi connectivity index (χ1v) is 7.36. The highest BCUT2D eigenvalue weighted by atomic mass is 32.1. The zero-order valence-corrected chi connectivity index (χ0v) is 12.5.